The first-order chi connectivity index (χ1) is 4.34. The summed E-state index contributed by atoms with van der Waals surface area (Å²) in [4.78, 5) is 4.08. The van der Waals surface area contributed by atoms with E-state index in [1.165, 1.54) is 0 Å². The van der Waals surface area contributed by atoms with Crippen molar-refractivity contribution in [3.8, 4) is 0 Å². The van der Waals surface area contributed by atoms with Crippen LogP contribution in [-0.2, 0) is 0 Å². The summed E-state index contributed by atoms with van der Waals surface area (Å²) >= 11 is -0.0362. The molecule has 0 N–H and O–H groups in total. The van der Waals surface area contributed by atoms with Crippen LogP contribution >= 0.6 is 0 Å². The quantitative estimate of drug-likeness (QED) is 0.552. The van der Waals surface area contributed by atoms with Crippen molar-refractivity contribution >= 4 is 0 Å². The molecular formula is C6H8IN2-. The van der Waals surface area contributed by atoms with Crippen molar-refractivity contribution in [3.05, 3.63) is 28.9 Å². The predicted octanol–water partition coefficient (Wildman–Crippen LogP) is -1.81. The number of nitrogens with zero attached hydrogens (tertiary/aromatic N) is 2. The van der Waals surface area contributed by atoms with E-state index in [9.17, 15) is 0 Å². The van der Waals surface area contributed by atoms with E-state index < -0.39 is 0 Å². The summed E-state index contributed by atoms with van der Waals surface area (Å²) in [5.41, 5.74) is 0. The third-order valence-electron chi connectivity index (χ3n) is 0.942. The van der Waals surface area contributed by atoms with Gasteiger partial charge < -0.3 is 0 Å². The number of hydrogen-bond acceptors (Lipinski definition) is 1. The molecule has 9 heavy (non-hydrogen) atoms. The molecule has 0 aliphatic rings. The number of halogens is 1. The Labute approximate surface area is 65.2 Å². The van der Waals surface area contributed by atoms with E-state index in [1.807, 2.05) is 23.4 Å². The van der Waals surface area contributed by atoms with E-state index >= 15 is 0 Å². The fraction of sp³-hybridized carbons (Fsp3) is 0.167. The first-order valence-electron chi connectivity index (χ1n) is 2.59. The number of rotatable bonds is 2. The van der Waals surface area contributed by atoms with Crippen LogP contribution in [0.2, 0.25) is 0 Å². The molecule has 0 unspecified atom stereocenters. The normalized spacial score (nSPS) is 9.89. The van der Waals surface area contributed by atoms with Crippen molar-refractivity contribution in [1.29, 1.82) is 0 Å². The van der Waals surface area contributed by atoms with Gasteiger partial charge in [-0.1, -0.05) is 0 Å². The fourth-order valence-corrected chi connectivity index (χ4v) is 1.82. The fourth-order valence-electron chi connectivity index (χ4n) is 0.540. The van der Waals surface area contributed by atoms with Crippen LogP contribution in [0.1, 0.15) is 5.82 Å². The molecule has 0 radical (unpaired) electrons. The molecule has 1 aromatic heterocycles. The molecule has 1 rings (SSSR count). The number of hydrogen-bond donors (Lipinski definition) is 0. The van der Waals surface area contributed by atoms with Crippen LogP contribution in [0, 0.1) is 6.92 Å². The molecule has 3 heteroatoms. The SMILES string of the molecule is C=C[I-]n1ccnc1C. The maximum atomic E-state index is 4.08. The van der Waals surface area contributed by atoms with Crippen LogP contribution < -0.4 is 21.5 Å². The van der Waals surface area contributed by atoms with E-state index in [2.05, 4.69) is 14.3 Å². The van der Waals surface area contributed by atoms with Gasteiger partial charge in [0.1, 0.15) is 0 Å². The van der Waals surface area contributed by atoms with Gasteiger partial charge in [-0.3, -0.25) is 0 Å². The molecule has 0 spiro atoms. The van der Waals surface area contributed by atoms with E-state index in [4.69, 9.17) is 0 Å². The summed E-state index contributed by atoms with van der Waals surface area (Å²) in [5.74, 6) is 1.09. The van der Waals surface area contributed by atoms with Crippen molar-refractivity contribution in [2.45, 2.75) is 6.92 Å². The molecule has 0 bridgehead atoms. The van der Waals surface area contributed by atoms with Gasteiger partial charge in [0, 0.05) is 0 Å². The van der Waals surface area contributed by atoms with Gasteiger partial charge in [-0.05, 0) is 0 Å². The van der Waals surface area contributed by atoms with Gasteiger partial charge in [-0.2, -0.15) is 0 Å². The standard InChI is InChI=1S/C6H8IN2/c1-3-7-9-5-4-8-6(9)2/h3-5H,1H2,2H3/q-1. The Morgan fingerprint density at radius 1 is 1.89 bits per heavy atom. The summed E-state index contributed by atoms with van der Waals surface area (Å²) in [7, 11) is 0. The van der Waals surface area contributed by atoms with Gasteiger partial charge in [0.2, 0.25) is 0 Å². The predicted molar refractivity (Wildman–Crippen MR) is 32.6 cm³/mol. The first-order valence-corrected chi connectivity index (χ1v) is 4.80. The average molecular weight is 235 g/mol. The van der Waals surface area contributed by atoms with Crippen LogP contribution in [-0.4, -0.2) is 7.76 Å². The van der Waals surface area contributed by atoms with Crippen LogP contribution in [0.3, 0.4) is 0 Å². The Bertz CT molecular complexity index is 205. The van der Waals surface area contributed by atoms with Gasteiger partial charge in [-0.15, -0.1) is 0 Å². The Morgan fingerprint density at radius 3 is 3.11 bits per heavy atom. The van der Waals surface area contributed by atoms with Crippen molar-refractivity contribution in [1.82, 2.24) is 7.76 Å². The van der Waals surface area contributed by atoms with Crippen molar-refractivity contribution in [2.75, 3.05) is 0 Å². The number of imidazole rings is 1. The molecule has 0 aliphatic heterocycles. The van der Waals surface area contributed by atoms with E-state index in [0.29, 0.717) is 0 Å². The van der Waals surface area contributed by atoms with Gasteiger partial charge >= 0.3 is 65.0 Å². The minimum absolute atomic E-state index is 0.0362. The monoisotopic (exact) mass is 235 g/mol. The molecular weight excluding hydrogens is 227 g/mol. The van der Waals surface area contributed by atoms with Gasteiger partial charge in [0.25, 0.3) is 0 Å². The molecule has 0 fully saturated rings. The van der Waals surface area contributed by atoms with Crippen molar-refractivity contribution in [2.24, 2.45) is 0 Å². The Balaban J connectivity index is 2.80. The molecule has 1 aromatic rings. The second kappa shape index (κ2) is 3.00. The van der Waals surface area contributed by atoms with Crippen molar-refractivity contribution in [3.63, 3.8) is 0 Å². The summed E-state index contributed by atoms with van der Waals surface area (Å²) in [6.45, 7) is 5.68. The molecule has 0 aliphatic carbocycles. The zero-order valence-corrected chi connectivity index (χ0v) is 7.37. The zero-order valence-electron chi connectivity index (χ0n) is 5.21. The molecule has 0 amide bonds. The summed E-state index contributed by atoms with van der Waals surface area (Å²) < 4.78 is 4.11. The van der Waals surface area contributed by atoms with Crippen LogP contribution in [0.5, 0.6) is 0 Å². The zero-order chi connectivity index (χ0) is 6.69. The Hall–Kier alpha value is -0.320. The number of aromatic nitrogens is 2. The Kier molecular flexibility index (Phi) is 2.27. The van der Waals surface area contributed by atoms with E-state index in [-0.39, 0.29) is 21.5 Å². The van der Waals surface area contributed by atoms with Crippen LogP contribution in [0.4, 0.5) is 0 Å². The second-order valence-electron chi connectivity index (χ2n) is 1.54. The summed E-state index contributed by atoms with van der Waals surface area (Å²) in [5, 5.41) is 0. The van der Waals surface area contributed by atoms with E-state index in [1.54, 1.807) is 0 Å². The Morgan fingerprint density at radius 2 is 2.67 bits per heavy atom. The van der Waals surface area contributed by atoms with Crippen LogP contribution in [0.15, 0.2) is 23.1 Å². The molecule has 0 saturated heterocycles. The molecule has 1 heterocycles. The molecule has 50 valence electrons. The van der Waals surface area contributed by atoms with Gasteiger partial charge in [0.15, 0.2) is 0 Å². The third kappa shape index (κ3) is 1.54. The van der Waals surface area contributed by atoms with Crippen molar-refractivity contribution < 1.29 is 21.5 Å². The van der Waals surface area contributed by atoms with Gasteiger partial charge in [0.05, 0.1) is 0 Å². The van der Waals surface area contributed by atoms with Crippen LogP contribution in [0.25, 0.3) is 0 Å². The minimum atomic E-state index is -0.0362. The molecule has 0 saturated carbocycles. The average Bonchev–Trinajstić information content (AvgIpc) is 2.18. The summed E-state index contributed by atoms with van der Waals surface area (Å²) in [6, 6.07) is 0. The first kappa shape index (κ1) is 6.80. The second-order valence-corrected chi connectivity index (χ2v) is 4.01. The molecule has 0 aromatic carbocycles. The molecule has 0 atom stereocenters. The number of aryl methyl sites for hydroxylation is 1. The van der Waals surface area contributed by atoms with Gasteiger partial charge in [-0.25, -0.2) is 0 Å². The molecule has 2 nitrogen and oxygen atoms in total. The maximum absolute atomic E-state index is 4.08. The van der Waals surface area contributed by atoms with E-state index in [0.717, 1.165) is 5.82 Å². The topological polar surface area (TPSA) is 17.8 Å². The third-order valence-corrected chi connectivity index (χ3v) is 2.96. The summed E-state index contributed by atoms with van der Waals surface area (Å²) in [6.07, 6.45) is 3.81.